The molecule has 0 aliphatic carbocycles. The molecule has 0 fully saturated rings. The van der Waals surface area contributed by atoms with Gasteiger partial charge in [-0.3, -0.25) is 9.69 Å². The third-order valence-electron chi connectivity index (χ3n) is 2.74. The molecule has 1 amide bonds. The molecule has 0 aliphatic heterocycles. The highest BCUT2D eigenvalue weighted by molar-refractivity contribution is 7.07. The Labute approximate surface area is 122 Å². The van der Waals surface area contributed by atoms with Crippen molar-refractivity contribution >= 4 is 22.9 Å². The summed E-state index contributed by atoms with van der Waals surface area (Å²) in [6.07, 6.45) is 0. The highest BCUT2D eigenvalue weighted by atomic mass is 32.1. The maximum atomic E-state index is 11.9. The summed E-state index contributed by atoms with van der Waals surface area (Å²) in [5.41, 5.74) is 2.50. The fourth-order valence-electron chi connectivity index (χ4n) is 1.82. The van der Waals surface area contributed by atoms with E-state index in [2.05, 4.69) is 16.8 Å². The average molecular weight is 285 g/mol. The summed E-state index contributed by atoms with van der Waals surface area (Å²) in [6, 6.07) is 10.9. The van der Waals surface area contributed by atoms with E-state index >= 15 is 0 Å². The number of amides is 1. The Morgan fingerprint density at radius 2 is 2.10 bits per heavy atom. The van der Waals surface area contributed by atoms with Crippen LogP contribution in [0.15, 0.2) is 41.1 Å². The van der Waals surface area contributed by atoms with E-state index in [1.54, 1.807) is 35.6 Å². The minimum atomic E-state index is -0.0626. The number of nitrogens with one attached hydrogen (secondary N) is 1. The fraction of sp³-hybridized carbons (Fsp3) is 0.200. The standard InChI is InChI=1S/C15H15N3OS/c1-18(9-13-6-7-20-11-13)10-15(19)17-14-4-2-12(8-16)3-5-14/h2-7,11H,9-10H2,1H3,(H,17,19). The summed E-state index contributed by atoms with van der Waals surface area (Å²) < 4.78 is 0. The first-order valence-electron chi connectivity index (χ1n) is 6.17. The molecule has 0 bridgehead atoms. The van der Waals surface area contributed by atoms with Gasteiger partial charge in [0.2, 0.25) is 5.91 Å². The van der Waals surface area contributed by atoms with Gasteiger partial charge < -0.3 is 5.32 Å². The molecular formula is C15H15N3OS. The van der Waals surface area contributed by atoms with Crippen molar-refractivity contribution < 1.29 is 4.79 Å². The van der Waals surface area contributed by atoms with E-state index in [4.69, 9.17) is 5.26 Å². The van der Waals surface area contributed by atoms with Crippen LogP contribution in [0.25, 0.3) is 0 Å². The molecule has 1 N–H and O–H groups in total. The van der Waals surface area contributed by atoms with E-state index in [9.17, 15) is 4.79 Å². The lowest BCUT2D eigenvalue weighted by molar-refractivity contribution is -0.117. The molecule has 20 heavy (non-hydrogen) atoms. The van der Waals surface area contributed by atoms with Gasteiger partial charge in [-0.1, -0.05) is 0 Å². The lowest BCUT2D eigenvalue weighted by atomic mass is 10.2. The molecule has 0 saturated heterocycles. The highest BCUT2D eigenvalue weighted by Crippen LogP contribution is 2.10. The second-order valence-corrected chi connectivity index (χ2v) is 5.32. The molecule has 0 aliphatic rings. The van der Waals surface area contributed by atoms with E-state index < -0.39 is 0 Å². The third kappa shape index (κ3) is 4.19. The molecule has 5 heteroatoms. The van der Waals surface area contributed by atoms with E-state index in [-0.39, 0.29) is 5.91 Å². The van der Waals surface area contributed by atoms with E-state index in [0.29, 0.717) is 17.8 Å². The van der Waals surface area contributed by atoms with Crippen LogP contribution in [0, 0.1) is 11.3 Å². The van der Waals surface area contributed by atoms with Gasteiger partial charge in [-0.15, -0.1) is 0 Å². The molecular weight excluding hydrogens is 270 g/mol. The summed E-state index contributed by atoms with van der Waals surface area (Å²) in [5.74, 6) is -0.0626. The van der Waals surface area contributed by atoms with Crippen molar-refractivity contribution in [2.45, 2.75) is 6.54 Å². The van der Waals surface area contributed by atoms with Crippen molar-refractivity contribution in [3.63, 3.8) is 0 Å². The summed E-state index contributed by atoms with van der Waals surface area (Å²) in [5, 5.41) is 15.6. The monoisotopic (exact) mass is 285 g/mol. The topological polar surface area (TPSA) is 56.1 Å². The summed E-state index contributed by atoms with van der Waals surface area (Å²) in [6.45, 7) is 1.08. The third-order valence-corrected chi connectivity index (χ3v) is 3.48. The zero-order valence-electron chi connectivity index (χ0n) is 11.2. The number of nitrogens with zero attached hydrogens (tertiary/aromatic N) is 2. The van der Waals surface area contributed by atoms with Gasteiger partial charge in [0.25, 0.3) is 0 Å². The van der Waals surface area contributed by atoms with Gasteiger partial charge in [0, 0.05) is 12.2 Å². The molecule has 102 valence electrons. The number of carbonyl (C=O) groups is 1. The Bertz CT molecular complexity index is 599. The van der Waals surface area contributed by atoms with Crippen molar-refractivity contribution in [2.75, 3.05) is 18.9 Å². The van der Waals surface area contributed by atoms with Gasteiger partial charge in [0.15, 0.2) is 0 Å². The number of rotatable bonds is 5. The quantitative estimate of drug-likeness (QED) is 0.919. The first-order chi connectivity index (χ1) is 9.67. The van der Waals surface area contributed by atoms with Crippen LogP contribution in [0.1, 0.15) is 11.1 Å². The van der Waals surface area contributed by atoms with Gasteiger partial charge in [-0.2, -0.15) is 16.6 Å². The predicted octanol–water partition coefficient (Wildman–Crippen LogP) is 2.69. The second-order valence-electron chi connectivity index (χ2n) is 4.54. The van der Waals surface area contributed by atoms with Crippen molar-refractivity contribution in [2.24, 2.45) is 0 Å². The van der Waals surface area contributed by atoms with Gasteiger partial charge in [-0.25, -0.2) is 0 Å². The Morgan fingerprint density at radius 1 is 1.35 bits per heavy atom. The van der Waals surface area contributed by atoms with E-state index in [1.807, 2.05) is 23.4 Å². The zero-order chi connectivity index (χ0) is 14.4. The lowest BCUT2D eigenvalue weighted by Gasteiger charge is -2.15. The first kappa shape index (κ1) is 14.3. The SMILES string of the molecule is CN(CC(=O)Nc1ccc(C#N)cc1)Cc1ccsc1. The molecule has 1 aromatic heterocycles. The molecule has 1 aromatic carbocycles. The van der Waals surface area contributed by atoms with E-state index in [1.165, 1.54) is 5.56 Å². The maximum Gasteiger partial charge on any atom is 0.238 e. The first-order valence-corrected chi connectivity index (χ1v) is 7.11. The second kappa shape index (κ2) is 6.85. The van der Waals surface area contributed by atoms with Gasteiger partial charge in [-0.05, 0) is 53.7 Å². The van der Waals surface area contributed by atoms with Crippen LogP contribution in [0.2, 0.25) is 0 Å². The van der Waals surface area contributed by atoms with Crippen LogP contribution in [-0.2, 0) is 11.3 Å². The summed E-state index contributed by atoms with van der Waals surface area (Å²) in [4.78, 5) is 13.9. The molecule has 1 heterocycles. The Hall–Kier alpha value is -2.16. The van der Waals surface area contributed by atoms with Crippen LogP contribution in [0.5, 0.6) is 0 Å². The molecule has 0 unspecified atom stereocenters. The Balaban J connectivity index is 1.83. The number of nitriles is 1. The normalized spacial score (nSPS) is 10.2. The largest absolute Gasteiger partial charge is 0.325 e. The minimum absolute atomic E-state index is 0.0626. The minimum Gasteiger partial charge on any atom is -0.325 e. The van der Waals surface area contributed by atoms with Crippen molar-refractivity contribution in [3.8, 4) is 6.07 Å². The number of benzene rings is 1. The van der Waals surface area contributed by atoms with Gasteiger partial charge in [0.05, 0.1) is 18.2 Å². The fourth-order valence-corrected chi connectivity index (χ4v) is 2.48. The number of anilines is 1. The number of hydrogen-bond donors (Lipinski definition) is 1. The number of likely N-dealkylation sites (N-methyl/N-ethyl adjacent to an activating group) is 1. The van der Waals surface area contributed by atoms with Crippen LogP contribution in [-0.4, -0.2) is 24.4 Å². The van der Waals surface area contributed by atoms with Crippen molar-refractivity contribution in [1.82, 2.24) is 4.90 Å². The van der Waals surface area contributed by atoms with Crippen LogP contribution >= 0.6 is 11.3 Å². The molecule has 0 spiro atoms. The number of carbonyl (C=O) groups excluding carboxylic acids is 1. The molecule has 0 saturated carbocycles. The molecule has 2 aromatic rings. The maximum absolute atomic E-state index is 11.9. The number of hydrogen-bond acceptors (Lipinski definition) is 4. The van der Waals surface area contributed by atoms with Crippen LogP contribution < -0.4 is 5.32 Å². The smallest absolute Gasteiger partial charge is 0.238 e. The molecule has 4 nitrogen and oxygen atoms in total. The van der Waals surface area contributed by atoms with Gasteiger partial charge >= 0.3 is 0 Å². The average Bonchev–Trinajstić information content (AvgIpc) is 2.92. The van der Waals surface area contributed by atoms with Crippen molar-refractivity contribution in [3.05, 3.63) is 52.2 Å². The van der Waals surface area contributed by atoms with Crippen molar-refractivity contribution in [1.29, 1.82) is 5.26 Å². The zero-order valence-corrected chi connectivity index (χ0v) is 12.0. The highest BCUT2D eigenvalue weighted by Gasteiger charge is 2.07. The number of thiophene rings is 1. The Morgan fingerprint density at radius 3 is 2.70 bits per heavy atom. The molecule has 2 rings (SSSR count). The predicted molar refractivity (Wildman–Crippen MR) is 80.4 cm³/mol. The van der Waals surface area contributed by atoms with Gasteiger partial charge in [0.1, 0.15) is 0 Å². The Kier molecular flexibility index (Phi) is 4.88. The molecule has 0 radical (unpaired) electrons. The van der Waals surface area contributed by atoms with E-state index in [0.717, 1.165) is 6.54 Å². The van der Waals surface area contributed by atoms with Crippen LogP contribution in [0.4, 0.5) is 5.69 Å². The van der Waals surface area contributed by atoms with Crippen LogP contribution in [0.3, 0.4) is 0 Å². The lowest BCUT2D eigenvalue weighted by Crippen LogP contribution is -2.29. The summed E-state index contributed by atoms with van der Waals surface area (Å²) in [7, 11) is 1.91. The summed E-state index contributed by atoms with van der Waals surface area (Å²) >= 11 is 1.65. The molecule has 0 atom stereocenters.